The Labute approximate surface area is 149 Å². The maximum absolute atomic E-state index is 13.1. The lowest BCUT2D eigenvalue weighted by Crippen LogP contribution is -2.11. The van der Waals surface area contributed by atoms with Crippen LogP contribution in [0.1, 0.15) is 15.2 Å². The monoisotopic (exact) mass is 407 g/mol. The van der Waals surface area contributed by atoms with Crippen molar-refractivity contribution in [2.75, 3.05) is 5.32 Å². The number of thiazole rings is 1. The van der Waals surface area contributed by atoms with Crippen LogP contribution in [0.25, 0.3) is 0 Å². The first kappa shape index (κ1) is 16.5. The van der Waals surface area contributed by atoms with Gasteiger partial charge in [0.2, 0.25) is 5.88 Å². The first-order valence-corrected chi connectivity index (χ1v) is 8.45. The maximum Gasteiger partial charge on any atom is 0.259 e. The molecule has 1 amide bonds. The van der Waals surface area contributed by atoms with Gasteiger partial charge in [-0.05, 0) is 47.1 Å². The first-order valence-electron chi connectivity index (χ1n) is 6.84. The summed E-state index contributed by atoms with van der Waals surface area (Å²) in [6, 6.07) is 7.24. The van der Waals surface area contributed by atoms with E-state index in [0.29, 0.717) is 26.8 Å². The molecule has 3 rings (SSSR count). The Balaban J connectivity index is 1.69. The van der Waals surface area contributed by atoms with Crippen LogP contribution in [0, 0.1) is 12.7 Å². The van der Waals surface area contributed by atoms with Crippen molar-refractivity contribution in [3.05, 3.63) is 63.5 Å². The van der Waals surface area contributed by atoms with Gasteiger partial charge in [0.25, 0.3) is 5.91 Å². The van der Waals surface area contributed by atoms with Crippen molar-refractivity contribution >= 4 is 38.3 Å². The minimum atomic E-state index is -0.369. The predicted octanol–water partition coefficient (Wildman–Crippen LogP) is 4.79. The molecule has 0 saturated heterocycles. The minimum absolute atomic E-state index is 0.295. The second-order valence-electron chi connectivity index (χ2n) is 4.79. The van der Waals surface area contributed by atoms with Gasteiger partial charge in [-0.3, -0.25) is 10.1 Å². The molecule has 0 aliphatic carbocycles. The fourth-order valence-electron chi connectivity index (χ4n) is 1.83. The van der Waals surface area contributed by atoms with Crippen LogP contribution in [-0.4, -0.2) is 15.9 Å². The zero-order valence-electron chi connectivity index (χ0n) is 12.4. The smallest absolute Gasteiger partial charge is 0.259 e. The molecule has 0 spiro atoms. The molecule has 0 aliphatic heterocycles. The fourth-order valence-corrected chi connectivity index (χ4v) is 2.92. The number of carbonyl (C=O) groups excluding carboxylic acids is 1. The van der Waals surface area contributed by atoms with E-state index in [1.807, 2.05) is 6.92 Å². The maximum atomic E-state index is 13.1. The highest BCUT2D eigenvalue weighted by Crippen LogP contribution is 2.29. The Hall–Kier alpha value is -2.32. The molecule has 1 aromatic carbocycles. The number of nitrogens with one attached hydrogen (secondary N) is 1. The van der Waals surface area contributed by atoms with Crippen molar-refractivity contribution in [3.8, 4) is 11.6 Å². The number of aromatic nitrogens is 2. The molecule has 0 bridgehead atoms. The number of aryl methyl sites for hydroxylation is 1. The van der Waals surface area contributed by atoms with Crippen LogP contribution >= 0.6 is 27.3 Å². The number of nitrogens with zero attached hydrogens (tertiary/aromatic N) is 2. The summed E-state index contributed by atoms with van der Waals surface area (Å²) in [6.07, 6.45) is 3.10. The summed E-state index contributed by atoms with van der Waals surface area (Å²) in [4.78, 5) is 21.3. The van der Waals surface area contributed by atoms with E-state index in [4.69, 9.17) is 4.74 Å². The zero-order valence-corrected chi connectivity index (χ0v) is 14.8. The molecule has 0 radical (unpaired) electrons. The van der Waals surface area contributed by atoms with Gasteiger partial charge in [-0.15, -0.1) is 11.3 Å². The molecule has 24 heavy (non-hydrogen) atoms. The van der Waals surface area contributed by atoms with E-state index >= 15 is 0 Å². The summed E-state index contributed by atoms with van der Waals surface area (Å²) >= 11 is 4.61. The summed E-state index contributed by atoms with van der Waals surface area (Å²) < 4.78 is 19.1. The highest BCUT2D eigenvalue weighted by molar-refractivity contribution is 9.10. The molecule has 2 heterocycles. The molecule has 0 saturated carbocycles. The standard InChI is InChI=1S/C16H11BrFN3O2S/c1-9-7-20-16(24-9)21-15(22)10-2-5-14(19-8-10)23-13-4-3-11(18)6-12(13)17/h2-8H,1H3,(H,20,21,22). The van der Waals surface area contributed by atoms with Crippen LogP contribution in [0.3, 0.4) is 0 Å². The van der Waals surface area contributed by atoms with Crippen molar-refractivity contribution < 1.29 is 13.9 Å². The minimum Gasteiger partial charge on any atom is -0.438 e. The van der Waals surface area contributed by atoms with Gasteiger partial charge < -0.3 is 4.74 Å². The van der Waals surface area contributed by atoms with E-state index in [9.17, 15) is 9.18 Å². The Kier molecular flexibility index (Phi) is 4.86. The van der Waals surface area contributed by atoms with Crippen molar-refractivity contribution in [1.29, 1.82) is 0 Å². The normalized spacial score (nSPS) is 10.5. The fraction of sp³-hybridized carbons (Fsp3) is 0.0625. The molecule has 0 aliphatic rings. The molecule has 2 aromatic heterocycles. The van der Waals surface area contributed by atoms with Gasteiger partial charge in [0.1, 0.15) is 11.6 Å². The van der Waals surface area contributed by atoms with E-state index < -0.39 is 0 Å². The van der Waals surface area contributed by atoms with Crippen LogP contribution < -0.4 is 10.1 Å². The Morgan fingerprint density at radius 3 is 2.71 bits per heavy atom. The Morgan fingerprint density at radius 2 is 2.08 bits per heavy atom. The van der Waals surface area contributed by atoms with Crippen LogP contribution in [0.15, 0.2) is 47.2 Å². The third-order valence-electron chi connectivity index (χ3n) is 2.95. The van der Waals surface area contributed by atoms with E-state index in [1.165, 1.54) is 35.7 Å². The van der Waals surface area contributed by atoms with Crippen molar-refractivity contribution in [3.63, 3.8) is 0 Å². The zero-order chi connectivity index (χ0) is 17.1. The molecule has 1 N–H and O–H groups in total. The van der Waals surface area contributed by atoms with Crippen molar-refractivity contribution in [2.45, 2.75) is 6.92 Å². The van der Waals surface area contributed by atoms with Crippen LogP contribution in [0.5, 0.6) is 11.6 Å². The first-order chi connectivity index (χ1) is 11.5. The van der Waals surface area contributed by atoms with Gasteiger partial charge in [0.05, 0.1) is 10.0 Å². The number of halogens is 2. The van der Waals surface area contributed by atoms with Crippen LogP contribution in [-0.2, 0) is 0 Å². The molecule has 0 atom stereocenters. The number of benzene rings is 1. The number of ether oxygens (including phenoxy) is 1. The summed E-state index contributed by atoms with van der Waals surface area (Å²) in [5.41, 5.74) is 0.383. The number of rotatable bonds is 4. The lowest BCUT2D eigenvalue weighted by atomic mass is 10.2. The van der Waals surface area contributed by atoms with E-state index in [1.54, 1.807) is 18.3 Å². The molecule has 5 nitrogen and oxygen atoms in total. The molecule has 0 fully saturated rings. The second kappa shape index (κ2) is 7.06. The van der Waals surface area contributed by atoms with E-state index in [2.05, 4.69) is 31.2 Å². The van der Waals surface area contributed by atoms with Gasteiger partial charge in [-0.2, -0.15) is 0 Å². The van der Waals surface area contributed by atoms with E-state index in [0.717, 1.165) is 4.88 Å². The molecule has 8 heteroatoms. The highest BCUT2D eigenvalue weighted by atomic mass is 79.9. The number of carbonyl (C=O) groups is 1. The molecular weight excluding hydrogens is 397 g/mol. The number of pyridine rings is 1. The SMILES string of the molecule is Cc1cnc(NC(=O)c2ccc(Oc3ccc(F)cc3Br)nc2)s1. The Bertz CT molecular complexity index is 883. The predicted molar refractivity (Wildman–Crippen MR) is 93.2 cm³/mol. The number of anilines is 1. The number of amides is 1. The van der Waals surface area contributed by atoms with Gasteiger partial charge in [-0.1, -0.05) is 0 Å². The van der Waals surface area contributed by atoms with Crippen molar-refractivity contribution in [2.24, 2.45) is 0 Å². The van der Waals surface area contributed by atoms with E-state index in [-0.39, 0.29) is 11.7 Å². The van der Waals surface area contributed by atoms with Crippen LogP contribution in [0.2, 0.25) is 0 Å². The van der Waals surface area contributed by atoms with Gasteiger partial charge >= 0.3 is 0 Å². The van der Waals surface area contributed by atoms with Crippen molar-refractivity contribution in [1.82, 2.24) is 9.97 Å². The summed E-state index contributed by atoms with van der Waals surface area (Å²) in [7, 11) is 0. The number of hydrogen-bond acceptors (Lipinski definition) is 5. The average molecular weight is 408 g/mol. The van der Waals surface area contributed by atoms with Crippen LogP contribution in [0.4, 0.5) is 9.52 Å². The summed E-state index contributed by atoms with van der Waals surface area (Å²) in [5.74, 6) is 0.0568. The quantitative estimate of drug-likeness (QED) is 0.674. The second-order valence-corrected chi connectivity index (χ2v) is 6.88. The molecule has 3 aromatic rings. The molecule has 0 unspecified atom stereocenters. The largest absolute Gasteiger partial charge is 0.438 e. The molecule has 122 valence electrons. The topological polar surface area (TPSA) is 64.1 Å². The molecular formula is C16H11BrFN3O2S. The summed E-state index contributed by atoms with van der Waals surface area (Å²) in [5, 5.41) is 3.24. The Morgan fingerprint density at radius 1 is 1.25 bits per heavy atom. The highest BCUT2D eigenvalue weighted by Gasteiger charge is 2.10. The van der Waals surface area contributed by atoms with Gasteiger partial charge in [-0.25, -0.2) is 14.4 Å². The summed E-state index contributed by atoms with van der Waals surface area (Å²) in [6.45, 7) is 1.91. The third kappa shape index (κ3) is 3.95. The van der Waals surface area contributed by atoms with Gasteiger partial charge in [0, 0.05) is 23.3 Å². The third-order valence-corrected chi connectivity index (χ3v) is 4.40. The van der Waals surface area contributed by atoms with Gasteiger partial charge in [0.15, 0.2) is 5.13 Å². The number of hydrogen-bond donors (Lipinski definition) is 1. The average Bonchev–Trinajstić information content (AvgIpc) is 2.96. The lowest BCUT2D eigenvalue weighted by molar-refractivity contribution is 0.102. The lowest BCUT2D eigenvalue weighted by Gasteiger charge is -2.07.